The SMILES string of the molecule is N#CC1CCN(c2ccnn3cc(-c4cnc(N)nc4)cc23)C1=O. The molecule has 1 saturated heterocycles. The lowest BCUT2D eigenvalue weighted by atomic mass is 10.1. The fourth-order valence-corrected chi connectivity index (χ4v) is 2.91. The Morgan fingerprint density at radius 2 is 2.08 bits per heavy atom. The maximum absolute atomic E-state index is 12.3. The Labute approximate surface area is 137 Å². The van der Waals surface area contributed by atoms with Crippen LogP contribution in [0.15, 0.2) is 36.9 Å². The van der Waals surface area contributed by atoms with Gasteiger partial charge in [0.2, 0.25) is 11.9 Å². The lowest BCUT2D eigenvalue weighted by Gasteiger charge is -2.16. The lowest BCUT2D eigenvalue weighted by molar-refractivity contribution is -0.118. The number of rotatable bonds is 2. The summed E-state index contributed by atoms with van der Waals surface area (Å²) in [4.78, 5) is 22.0. The van der Waals surface area contributed by atoms with Crippen LogP contribution in [0.3, 0.4) is 0 Å². The Kier molecular flexibility index (Phi) is 3.13. The molecule has 1 atom stereocenters. The predicted octanol–water partition coefficient (Wildman–Crippen LogP) is 1.25. The molecule has 3 aromatic rings. The van der Waals surface area contributed by atoms with E-state index in [0.717, 1.165) is 22.3 Å². The average molecular weight is 319 g/mol. The molecule has 0 aliphatic carbocycles. The van der Waals surface area contributed by atoms with Crippen molar-refractivity contribution in [3.63, 3.8) is 0 Å². The van der Waals surface area contributed by atoms with E-state index in [1.807, 2.05) is 12.3 Å². The standard InChI is InChI=1S/C16H13N7O/c17-6-10-2-4-22(15(10)24)13-1-3-21-23-9-11(5-14(13)23)12-7-19-16(18)20-8-12/h1,3,5,7-10H,2,4H2,(H2,18,19,20). The number of nitriles is 1. The van der Waals surface area contributed by atoms with Gasteiger partial charge in [0.15, 0.2) is 0 Å². The molecule has 0 aromatic carbocycles. The summed E-state index contributed by atoms with van der Waals surface area (Å²) >= 11 is 0. The number of amides is 1. The number of nitrogens with two attached hydrogens (primary N) is 1. The molecule has 4 heterocycles. The minimum atomic E-state index is -0.571. The van der Waals surface area contributed by atoms with Crippen LogP contribution in [0, 0.1) is 17.2 Å². The first-order valence-electron chi connectivity index (χ1n) is 7.43. The van der Waals surface area contributed by atoms with Crippen LogP contribution in [0.25, 0.3) is 16.6 Å². The summed E-state index contributed by atoms with van der Waals surface area (Å²) in [5.74, 6) is -0.520. The zero-order valence-electron chi connectivity index (χ0n) is 12.6. The number of aromatic nitrogens is 4. The van der Waals surface area contributed by atoms with Gasteiger partial charge in [0, 0.05) is 42.5 Å². The molecular formula is C16H13N7O. The van der Waals surface area contributed by atoms with Crippen molar-refractivity contribution in [2.45, 2.75) is 6.42 Å². The van der Waals surface area contributed by atoms with Gasteiger partial charge in [-0.1, -0.05) is 0 Å². The van der Waals surface area contributed by atoms with E-state index in [4.69, 9.17) is 11.0 Å². The molecule has 24 heavy (non-hydrogen) atoms. The fourth-order valence-electron chi connectivity index (χ4n) is 2.91. The Morgan fingerprint density at radius 1 is 1.29 bits per heavy atom. The molecule has 4 rings (SSSR count). The van der Waals surface area contributed by atoms with Crippen LogP contribution >= 0.6 is 0 Å². The van der Waals surface area contributed by atoms with Crippen molar-refractivity contribution in [3.05, 3.63) is 36.9 Å². The topological polar surface area (TPSA) is 113 Å². The maximum atomic E-state index is 12.3. The van der Waals surface area contributed by atoms with Crippen molar-refractivity contribution in [2.75, 3.05) is 17.2 Å². The molecule has 8 heteroatoms. The number of anilines is 2. The summed E-state index contributed by atoms with van der Waals surface area (Å²) in [5, 5.41) is 13.3. The van der Waals surface area contributed by atoms with E-state index in [1.165, 1.54) is 0 Å². The summed E-state index contributed by atoms with van der Waals surface area (Å²) in [6.07, 6.45) is 7.31. The van der Waals surface area contributed by atoms with Crippen LogP contribution in [0.2, 0.25) is 0 Å². The van der Waals surface area contributed by atoms with E-state index < -0.39 is 5.92 Å². The highest BCUT2D eigenvalue weighted by Crippen LogP contribution is 2.31. The van der Waals surface area contributed by atoms with Gasteiger partial charge < -0.3 is 10.6 Å². The van der Waals surface area contributed by atoms with Crippen LogP contribution in [-0.2, 0) is 4.79 Å². The third-order valence-electron chi connectivity index (χ3n) is 4.14. The number of nitrogen functional groups attached to an aromatic ring is 1. The number of nitrogens with zero attached hydrogens (tertiary/aromatic N) is 6. The van der Waals surface area contributed by atoms with Gasteiger partial charge in [-0.25, -0.2) is 14.5 Å². The fraction of sp³-hybridized carbons (Fsp3) is 0.188. The summed E-state index contributed by atoms with van der Waals surface area (Å²) in [5.41, 5.74) is 8.73. The smallest absolute Gasteiger partial charge is 0.244 e. The Morgan fingerprint density at radius 3 is 2.79 bits per heavy atom. The molecule has 0 radical (unpaired) electrons. The van der Waals surface area contributed by atoms with E-state index in [-0.39, 0.29) is 11.9 Å². The first-order valence-corrected chi connectivity index (χ1v) is 7.43. The van der Waals surface area contributed by atoms with Gasteiger partial charge in [0.05, 0.1) is 17.3 Å². The summed E-state index contributed by atoms with van der Waals surface area (Å²) in [6, 6.07) is 5.76. The normalized spacial score (nSPS) is 17.4. The number of hydrogen-bond donors (Lipinski definition) is 1. The van der Waals surface area contributed by atoms with Gasteiger partial charge in [0.1, 0.15) is 5.92 Å². The Bertz CT molecular complexity index is 970. The van der Waals surface area contributed by atoms with Gasteiger partial charge in [-0.15, -0.1) is 0 Å². The second kappa shape index (κ2) is 5.31. The highest BCUT2D eigenvalue weighted by molar-refractivity contribution is 6.02. The zero-order chi connectivity index (χ0) is 16.7. The Hall–Kier alpha value is -3.47. The van der Waals surface area contributed by atoms with Crippen LogP contribution < -0.4 is 10.6 Å². The van der Waals surface area contributed by atoms with E-state index in [9.17, 15) is 4.79 Å². The third kappa shape index (κ3) is 2.14. The average Bonchev–Trinajstić information content (AvgIpc) is 3.18. The van der Waals surface area contributed by atoms with E-state index in [2.05, 4.69) is 21.1 Å². The van der Waals surface area contributed by atoms with E-state index in [0.29, 0.717) is 13.0 Å². The minimum absolute atomic E-state index is 0.163. The molecule has 0 bridgehead atoms. The molecule has 0 spiro atoms. The molecule has 8 nitrogen and oxygen atoms in total. The van der Waals surface area contributed by atoms with E-state index >= 15 is 0 Å². The second-order valence-corrected chi connectivity index (χ2v) is 5.57. The van der Waals surface area contributed by atoms with Gasteiger partial charge in [0.25, 0.3) is 0 Å². The lowest BCUT2D eigenvalue weighted by Crippen LogP contribution is -2.27. The zero-order valence-corrected chi connectivity index (χ0v) is 12.6. The first-order chi connectivity index (χ1) is 11.7. The van der Waals surface area contributed by atoms with Crippen molar-refractivity contribution in [2.24, 2.45) is 5.92 Å². The quantitative estimate of drug-likeness (QED) is 0.760. The molecule has 0 saturated carbocycles. The maximum Gasteiger partial charge on any atom is 0.244 e. The minimum Gasteiger partial charge on any atom is -0.368 e. The second-order valence-electron chi connectivity index (χ2n) is 5.57. The van der Waals surface area contributed by atoms with Crippen LogP contribution in [0.1, 0.15) is 6.42 Å². The Balaban J connectivity index is 1.80. The summed E-state index contributed by atoms with van der Waals surface area (Å²) in [6.45, 7) is 0.530. The molecule has 1 fully saturated rings. The number of hydrogen-bond acceptors (Lipinski definition) is 6. The molecule has 1 aliphatic heterocycles. The molecular weight excluding hydrogens is 306 g/mol. The van der Waals surface area contributed by atoms with Crippen molar-refractivity contribution < 1.29 is 4.79 Å². The predicted molar refractivity (Wildman–Crippen MR) is 86.7 cm³/mol. The van der Waals surface area contributed by atoms with Crippen molar-refractivity contribution in [3.8, 4) is 17.2 Å². The third-order valence-corrected chi connectivity index (χ3v) is 4.14. The number of carbonyl (C=O) groups is 1. The number of fused-ring (bicyclic) bond motifs is 1. The van der Waals surface area contributed by atoms with Crippen LogP contribution in [0.5, 0.6) is 0 Å². The van der Waals surface area contributed by atoms with Crippen molar-refractivity contribution >= 4 is 23.1 Å². The van der Waals surface area contributed by atoms with Gasteiger partial charge >= 0.3 is 0 Å². The highest BCUT2D eigenvalue weighted by atomic mass is 16.2. The van der Waals surface area contributed by atoms with Gasteiger partial charge in [-0.3, -0.25) is 4.79 Å². The monoisotopic (exact) mass is 319 g/mol. The van der Waals surface area contributed by atoms with Crippen LogP contribution in [0.4, 0.5) is 11.6 Å². The molecule has 3 aromatic heterocycles. The van der Waals surface area contributed by atoms with E-state index in [1.54, 1.807) is 34.1 Å². The molecule has 118 valence electrons. The number of carbonyl (C=O) groups excluding carboxylic acids is 1. The molecule has 2 N–H and O–H groups in total. The van der Waals surface area contributed by atoms with Crippen molar-refractivity contribution in [1.82, 2.24) is 19.6 Å². The molecule has 1 amide bonds. The van der Waals surface area contributed by atoms with Gasteiger partial charge in [-0.05, 0) is 18.6 Å². The van der Waals surface area contributed by atoms with Crippen molar-refractivity contribution in [1.29, 1.82) is 5.26 Å². The van der Waals surface area contributed by atoms with Crippen LogP contribution in [-0.4, -0.2) is 32.0 Å². The summed E-state index contributed by atoms with van der Waals surface area (Å²) < 4.78 is 1.70. The molecule has 1 aliphatic rings. The summed E-state index contributed by atoms with van der Waals surface area (Å²) in [7, 11) is 0. The molecule has 1 unspecified atom stereocenters. The highest BCUT2D eigenvalue weighted by Gasteiger charge is 2.33. The largest absolute Gasteiger partial charge is 0.368 e. The van der Waals surface area contributed by atoms with Gasteiger partial charge in [-0.2, -0.15) is 10.4 Å². The first kappa shape index (κ1) is 14.1.